The van der Waals surface area contributed by atoms with E-state index in [1.165, 1.54) is 6.92 Å². The molecule has 0 fully saturated rings. The van der Waals surface area contributed by atoms with Crippen LogP contribution in [0.15, 0.2) is 30.5 Å². The second-order valence-electron chi connectivity index (χ2n) is 3.80. The van der Waals surface area contributed by atoms with Gasteiger partial charge in [0, 0.05) is 11.8 Å². The van der Waals surface area contributed by atoms with Crippen LogP contribution in [0.1, 0.15) is 28.5 Å². The first kappa shape index (κ1) is 11.1. The number of hydrogen-bond donors (Lipinski definition) is 0. The van der Waals surface area contributed by atoms with Gasteiger partial charge in [0.2, 0.25) is 0 Å². The highest BCUT2D eigenvalue weighted by molar-refractivity contribution is 5.97. The molecule has 0 radical (unpaired) electrons. The lowest BCUT2D eigenvalue weighted by Gasteiger charge is -2.07. The molecule has 4 heteroatoms. The number of Topliss-reactive ketones (excluding diaryl/α,β-unsaturated/α-hetero) is 1. The minimum atomic E-state index is -0.0438. The summed E-state index contributed by atoms with van der Waals surface area (Å²) in [4.78, 5) is 11.5. The Morgan fingerprint density at radius 1 is 1.41 bits per heavy atom. The van der Waals surface area contributed by atoms with E-state index in [9.17, 15) is 4.79 Å². The number of ketones is 1. The number of carbonyl (C=O) groups excluding carboxylic acids is 1. The summed E-state index contributed by atoms with van der Waals surface area (Å²) in [6, 6.07) is 8.87. The predicted octanol–water partition coefficient (Wildman–Crippen LogP) is 2.25. The van der Waals surface area contributed by atoms with Gasteiger partial charge < -0.3 is 0 Å². The van der Waals surface area contributed by atoms with Crippen molar-refractivity contribution in [3.05, 3.63) is 47.3 Å². The average molecular weight is 225 g/mol. The van der Waals surface area contributed by atoms with Crippen molar-refractivity contribution in [2.45, 2.75) is 13.8 Å². The number of nitriles is 1. The average Bonchev–Trinajstić information content (AvgIpc) is 2.75. The summed E-state index contributed by atoms with van der Waals surface area (Å²) in [6.45, 7) is 3.37. The van der Waals surface area contributed by atoms with Crippen LogP contribution in [0.4, 0.5) is 0 Å². The molecule has 1 aromatic carbocycles. The van der Waals surface area contributed by atoms with Crippen molar-refractivity contribution >= 4 is 5.78 Å². The van der Waals surface area contributed by atoms with Gasteiger partial charge in [-0.05, 0) is 38.1 Å². The normalized spacial score (nSPS) is 9.94. The quantitative estimate of drug-likeness (QED) is 0.736. The zero-order valence-corrected chi connectivity index (χ0v) is 9.64. The van der Waals surface area contributed by atoms with Gasteiger partial charge in [-0.2, -0.15) is 10.4 Å². The molecule has 17 heavy (non-hydrogen) atoms. The highest BCUT2D eigenvalue weighted by Crippen LogP contribution is 2.17. The number of benzene rings is 1. The summed E-state index contributed by atoms with van der Waals surface area (Å²) in [5.74, 6) is -0.0438. The fourth-order valence-electron chi connectivity index (χ4n) is 1.64. The third-order valence-electron chi connectivity index (χ3n) is 2.48. The Kier molecular flexibility index (Phi) is 2.75. The molecule has 0 aliphatic carbocycles. The minimum Gasteiger partial charge on any atom is -0.294 e. The van der Waals surface area contributed by atoms with Crippen molar-refractivity contribution in [3.63, 3.8) is 0 Å². The number of rotatable bonds is 2. The van der Waals surface area contributed by atoms with Crippen LogP contribution in [-0.4, -0.2) is 15.6 Å². The van der Waals surface area contributed by atoms with Gasteiger partial charge in [-0.15, -0.1) is 0 Å². The van der Waals surface area contributed by atoms with Crippen LogP contribution in [0.3, 0.4) is 0 Å². The minimum absolute atomic E-state index is 0.0438. The molecule has 0 aliphatic heterocycles. The molecule has 2 aromatic rings. The lowest BCUT2D eigenvalue weighted by molar-refractivity contribution is 0.101. The van der Waals surface area contributed by atoms with Crippen LogP contribution in [-0.2, 0) is 0 Å². The van der Waals surface area contributed by atoms with Crippen LogP contribution < -0.4 is 0 Å². The molecule has 0 bridgehead atoms. The molecule has 0 saturated heterocycles. The van der Waals surface area contributed by atoms with Crippen molar-refractivity contribution in [2.24, 2.45) is 0 Å². The zero-order chi connectivity index (χ0) is 12.4. The van der Waals surface area contributed by atoms with E-state index in [1.54, 1.807) is 29.1 Å². The number of nitrogens with zero attached hydrogens (tertiary/aromatic N) is 3. The summed E-state index contributed by atoms with van der Waals surface area (Å²) >= 11 is 0. The number of hydrogen-bond acceptors (Lipinski definition) is 3. The van der Waals surface area contributed by atoms with Gasteiger partial charge in [-0.3, -0.25) is 4.79 Å². The molecular weight excluding hydrogens is 214 g/mol. The van der Waals surface area contributed by atoms with E-state index in [4.69, 9.17) is 5.26 Å². The predicted molar refractivity (Wildman–Crippen MR) is 63.0 cm³/mol. The molecule has 0 N–H and O–H groups in total. The molecule has 4 nitrogen and oxygen atoms in total. The van der Waals surface area contributed by atoms with Crippen LogP contribution >= 0.6 is 0 Å². The van der Waals surface area contributed by atoms with Gasteiger partial charge in [0.1, 0.15) is 0 Å². The van der Waals surface area contributed by atoms with Crippen molar-refractivity contribution in [2.75, 3.05) is 0 Å². The van der Waals surface area contributed by atoms with Gasteiger partial charge in [-0.25, -0.2) is 4.68 Å². The molecule has 0 aliphatic rings. The van der Waals surface area contributed by atoms with Gasteiger partial charge in [0.15, 0.2) is 5.78 Å². The fourth-order valence-corrected chi connectivity index (χ4v) is 1.64. The lowest BCUT2D eigenvalue weighted by atomic mass is 10.1. The number of aromatic nitrogens is 2. The second kappa shape index (κ2) is 4.22. The van der Waals surface area contributed by atoms with Crippen LogP contribution in [0.2, 0.25) is 0 Å². The van der Waals surface area contributed by atoms with E-state index >= 15 is 0 Å². The molecule has 0 spiro atoms. The van der Waals surface area contributed by atoms with Crippen molar-refractivity contribution in [3.8, 4) is 11.8 Å². The first-order valence-corrected chi connectivity index (χ1v) is 5.19. The highest BCUT2D eigenvalue weighted by atomic mass is 16.1. The van der Waals surface area contributed by atoms with E-state index in [-0.39, 0.29) is 5.78 Å². The summed E-state index contributed by atoms with van der Waals surface area (Å²) in [5.41, 5.74) is 2.58. The van der Waals surface area contributed by atoms with Crippen LogP contribution in [0.25, 0.3) is 5.69 Å². The summed E-state index contributed by atoms with van der Waals surface area (Å²) in [7, 11) is 0. The van der Waals surface area contributed by atoms with E-state index < -0.39 is 0 Å². The molecule has 84 valence electrons. The first-order valence-electron chi connectivity index (χ1n) is 5.19. The zero-order valence-electron chi connectivity index (χ0n) is 9.64. The number of aryl methyl sites for hydroxylation is 1. The standard InChI is InChI=1S/C13H11N3O/c1-9-5-6-16(15-9)13-7-11(8-14)3-4-12(13)10(2)17/h3-7H,1-2H3. The molecule has 1 heterocycles. The van der Waals surface area contributed by atoms with Crippen LogP contribution in [0, 0.1) is 18.3 Å². The fraction of sp³-hybridized carbons (Fsp3) is 0.154. The first-order chi connectivity index (χ1) is 8.11. The van der Waals surface area contributed by atoms with E-state index in [2.05, 4.69) is 11.2 Å². The maximum absolute atomic E-state index is 11.5. The molecular formula is C13H11N3O. The van der Waals surface area contributed by atoms with E-state index in [0.29, 0.717) is 16.8 Å². The molecule has 0 saturated carbocycles. The van der Waals surface area contributed by atoms with Crippen LogP contribution in [0.5, 0.6) is 0 Å². The van der Waals surface area contributed by atoms with Gasteiger partial charge >= 0.3 is 0 Å². The Morgan fingerprint density at radius 3 is 2.71 bits per heavy atom. The largest absolute Gasteiger partial charge is 0.294 e. The van der Waals surface area contributed by atoms with E-state index in [1.807, 2.05) is 13.0 Å². The van der Waals surface area contributed by atoms with Crippen molar-refractivity contribution in [1.29, 1.82) is 5.26 Å². The Balaban J connectivity index is 2.65. The third kappa shape index (κ3) is 2.08. The second-order valence-corrected chi connectivity index (χ2v) is 3.80. The smallest absolute Gasteiger partial charge is 0.161 e. The Hall–Kier alpha value is -2.41. The maximum atomic E-state index is 11.5. The Labute approximate surface area is 99.1 Å². The Bertz CT molecular complexity index is 620. The molecule has 0 atom stereocenters. The molecule has 2 rings (SSSR count). The topological polar surface area (TPSA) is 58.7 Å². The molecule has 0 amide bonds. The van der Waals surface area contributed by atoms with Gasteiger partial charge in [-0.1, -0.05) is 0 Å². The molecule has 1 aromatic heterocycles. The van der Waals surface area contributed by atoms with E-state index in [0.717, 1.165) is 5.69 Å². The van der Waals surface area contributed by atoms with Gasteiger partial charge in [0.05, 0.1) is 23.0 Å². The Morgan fingerprint density at radius 2 is 2.18 bits per heavy atom. The monoisotopic (exact) mass is 225 g/mol. The highest BCUT2D eigenvalue weighted by Gasteiger charge is 2.10. The lowest BCUT2D eigenvalue weighted by Crippen LogP contribution is -2.04. The van der Waals surface area contributed by atoms with Crippen molar-refractivity contribution < 1.29 is 4.79 Å². The number of carbonyl (C=O) groups is 1. The summed E-state index contributed by atoms with van der Waals surface area (Å²) < 4.78 is 1.62. The SMILES string of the molecule is CC(=O)c1ccc(C#N)cc1-n1ccc(C)n1. The van der Waals surface area contributed by atoms with Crippen molar-refractivity contribution in [1.82, 2.24) is 9.78 Å². The maximum Gasteiger partial charge on any atom is 0.161 e. The van der Waals surface area contributed by atoms with Gasteiger partial charge in [0.25, 0.3) is 0 Å². The summed E-state index contributed by atoms with van der Waals surface area (Å²) in [6.07, 6.45) is 1.78. The third-order valence-corrected chi connectivity index (χ3v) is 2.48. The molecule has 0 unspecified atom stereocenters. The summed E-state index contributed by atoms with van der Waals surface area (Å²) in [5, 5.41) is 13.1.